The third-order valence-corrected chi connectivity index (χ3v) is 4.32. The number of halogens is 1. The van der Waals surface area contributed by atoms with Crippen molar-refractivity contribution in [2.45, 2.75) is 10.1 Å². The minimum absolute atomic E-state index is 0.493. The number of nitrogens with zero attached hydrogens (tertiary/aromatic N) is 1. The minimum Gasteiger partial charge on any atom is -0.493 e. The summed E-state index contributed by atoms with van der Waals surface area (Å²) in [5, 5.41) is 1.11. The molecule has 0 aliphatic rings. The van der Waals surface area contributed by atoms with E-state index in [1.165, 1.54) is 11.8 Å². The molecule has 1 heterocycles. The molecule has 0 unspecified atom stereocenters. The second kappa shape index (κ2) is 6.60. The van der Waals surface area contributed by atoms with E-state index in [4.69, 9.17) is 30.2 Å². The van der Waals surface area contributed by atoms with Gasteiger partial charge in [0.1, 0.15) is 5.52 Å². The SMILES string of the molecule is COc1ccc(Sc2nc3cc(Cl)ccc3o2)c(OC)c1OC. The first-order valence-electron chi connectivity index (χ1n) is 6.69. The van der Waals surface area contributed by atoms with Gasteiger partial charge in [-0.05, 0) is 42.1 Å². The van der Waals surface area contributed by atoms with Crippen molar-refractivity contribution in [1.82, 2.24) is 4.98 Å². The van der Waals surface area contributed by atoms with Crippen LogP contribution < -0.4 is 14.2 Å². The first-order valence-corrected chi connectivity index (χ1v) is 7.88. The van der Waals surface area contributed by atoms with E-state index in [0.717, 1.165) is 4.90 Å². The Morgan fingerprint density at radius 2 is 1.78 bits per heavy atom. The molecule has 0 saturated carbocycles. The Balaban J connectivity index is 2.00. The van der Waals surface area contributed by atoms with Gasteiger partial charge >= 0.3 is 0 Å². The average molecular weight is 352 g/mol. The molecule has 0 atom stereocenters. The largest absolute Gasteiger partial charge is 0.493 e. The van der Waals surface area contributed by atoms with Crippen molar-refractivity contribution in [1.29, 1.82) is 0 Å². The van der Waals surface area contributed by atoms with Gasteiger partial charge in [0, 0.05) is 5.02 Å². The highest BCUT2D eigenvalue weighted by Crippen LogP contribution is 2.46. The lowest BCUT2D eigenvalue weighted by molar-refractivity contribution is 0.319. The Morgan fingerprint density at radius 3 is 2.48 bits per heavy atom. The van der Waals surface area contributed by atoms with Crippen LogP contribution in [0.25, 0.3) is 11.1 Å². The molecule has 0 amide bonds. The van der Waals surface area contributed by atoms with Gasteiger partial charge in [-0.1, -0.05) is 11.6 Å². The van der Waals surface area contributed by atoms with Gasteiger partial charge < -0.3 is 18.6 Å². The summed E-state index contributed by atoms with van der Waals surface area (Å²) in [5.74, 6) is 1.69. The number of hydrogen-bond donors (Lipinski definition) is 0. The van der Waals surface area contributed by atoms with Crippen LogP contribution in [-0.2, 0) is 0 Å². The molecule has 2 aromatic carbocycles. The van der Waals surface area contributed by atoms with Crippen LogP contribution in [0, 0.1) is 0 Å². The number of aromatic nitrogens is 1. The quantitative estimate of drug-likeness (QED) is 0.666. The summed E-state index contributed by atoms with van der Waals surface area (Å²) in [5.41, 5.74) is 1.38. The van der Waals surface area contributed by atoms with E-state index in [1.54, 1.807) is 39.5 Å². The van der Waals surface area contributed by atoms with Crippen molar-refractivity contribution in [2.75, 3.05) is 21.3 Å². The zero-order valence-electron chi connectivity index (χ0n) is 12.8. The van der Waals surface area contributed by atoms with Crippen molar-refractivity contribution >= 4 is 34.5 Å². The number of fused-ring (bicyclic) bond motifs is 1. The van der Waals surface area contributed by atoms with E-state index >= 15 is 0 Å². The fourth-order valence-corrected chi connectivity index (χ4v) is 3.21. The van der Waals surface area contributed by atoms with E-state index in [2.05, 4.69) is 4.98 Å². The number of benzene rings is 2. The first-order chi connectivity index (χ1) is 11.2. The zero-order chi connectivity index (χ0) is 16.4. The summed E-state index contributed by atoms with van der Waals surface area (Å²) in [4.78, 5) is 5.23. The number of rotatable bonds is 5. The van der Waals surface area contributed by atoms with Crippen LogP contribution in [0.2, 0.25) is 5.02 Å². The number of hydrogen-bond acceptors (Lipinski definition) is 6. The number of ether oxygens (including phenoxy) is 3. The minimum atomic E-state index is 0.493. The molecule has 0 fully saturated rings. The number of methoxy groups -OCH3 is 3. The van der Waals surface area contributed by atoms with Crippen LogP contribution in [-0.4, -0.2) is 26.3 Å². The molecule has 0 N–H and O–H groups in total. The summed E-state index contributed by atoms with van der Waals surface area (Å²) in [6.45, 7) is 0. The third kappa shape index (κ3) is 3.04. The molecule has 5 nitrogen and oxygen atoms in total. The molecule has 0 aliphatic carbocycles. The van der Waals surface area contributed by atoms with Crippen molar-refractivity contribution in [2.24, 2.45) is 0 Å². The smallest absolute Gasteiger partial charge is 0.261 e. The van der Waals surface area contributed by atoms with Gasteiger partial charge in [0.05, 0.1) is 26.2 Å². The Kier molecular flexibility index (Phi) is 4.54. The first kappa shape index (κ1) is 15.8. The van der Waals surface area contributed by atoms with E-state index in [1.807, 2.05) is 12.1 Å². The molecular formula is C16H14ClNO4S. The second-order valence-corrected chi connectivity index (χ2v) is 5.96. The van der Waals surface area contributed by atoms with Crippen molar-refractivity contribution < 1.29 is 18.6 Å². The maximum Gasteiger partial charge on any atom is 0.261 e. The van der Waals surface area contributed by atoms with E-state index in [-0.39, 0.29) is 0 Å². The molecular weight excluding hydrogens is 338 g/mol. The zero-order valence-corrected chi connectivity index (χ0v) is 14.3. The second-order valence-electron chi connectivity index (χ2n) is 4.53. The van der Waals surface area contributed by atoms with Crippen molar-refractivity contribution in [3.8, 4) is 17.2 Å². The number of oxazole rings is 1. The van der Waals surface area contributed by atoms with Gasteiger partial charge in [-0.15, -0.1) is 0 Å². The molecule has 120 valence electrons. The molecule has 0 spiro atoms. The maximum atomic E-state index is 5.97. The predicted octanol–water partition coefficient (Wildman–Crippen LogP) is 4.66. The van der Waals surface area contributed by atoms with Crippen LogP contribution in [0.3, 0.4) is 0 Å². The summed E-state index contributed by atoms with van der Waals surface area (Å²) >= 11 is 7.31. The molecule has 3 aromatic rings. The molecule has 23 heavy (non-hydrogen) atoms. The Morgan fingerprint density at radius 1 is 1.00 bits per heavy atom. The third-order valence-electron chi connectivity index (χ3n) is 3.20. The van der Waals surface area contributed by atoms with Crippen LogP contribution in [0.1, 0.15) is 0 Å². The molecule has 0 saturated heterocycles. The Bertz CT molecular complexity index is 849. The fourth-order valence-electron chi connectivity index (χ4n) is 2.17. The summed E-state index contributed by atoms with van der Waals surface area (Å²) in [6.07, 6.45) is 0. The highest BCUT2D eigenvalue weighted by atomic mass is 35.5. The highest BCUT2D eigenvalue weighted by molar-refractivity contribution is 7.99. The molecule has 3 rings (SSSR count). The van der Waals surface area contributed by atoms with E-state index in [9.17, 15) is 0 Å². The fraction of sp³-hybridized carbons (Fsp3) is 0.188. The molecule has 0 radical (unpaired) electrons. The van der Waals surface area contributed by atoms with E-state index < -0.39 is 0 Å². The standard InChI is InChI=1S/C16H14ClNO4S/c1-19-12-6-7-13(15(21-3)14(12)20-2)23-16-18-10-8-9(17)4-5-11(10)22-16/h4-8H,1-3H3. The van der Waals surface area contributed by atoms with Gasteiger partial charge in [-0.25, -0.2) is 4.98 Å². The average Bonchev–Trinajstić information content (AvgIpc) is 2.95. The summed E-state index contributed by atoms with van der Waals surface area (Å²) < 4.78 is 21.8. The van der Waals surface area contributed by atoms with Gasteiger partial charge in [0.15, 0.2) is 17.1 Å². The van der Waals surface area contributed by atoms with Crippen LogP contribution >= 0.6 is 23.4 Å². The van der Waals surface area contributed by atoms with Crippen molar-refractivity contribution in [3.63, 3.8) is 0 Å². The van der Waals surface area contributed by atoms with Gasteiger partial charge in [0.2, 0.25) is 5.75 Å². The lowest BCUT2D eigenvalue weighted by atomic mass is 10.3. The Hall–Kier alpha value is -2.05. The lowest BCUT2D eigenvalue weighted by Crippen LogP contribution is -1.96. The van der Waals surface area contributed by atoms with Crippen LogP contribution in [0.15, 0.2) is 44.9 Å². The van der Waals surface area contributed by atoms with Crippen LogP contribution in [0.5, 0.6) is 17.2 Å². The lowest BCUT2D eigenvalue weighted by Gasteiger charge is -2.14. The van der Waals surface area contributed by atoms with Gasteiger partial charge in [-0.3, -0.25) is 0 Å². The van der Waals surface area contributed by atoms with Crippen molar-refractivity contribution in [3.05, 3.63) is 35.4 Å². The van der Waals surface area contributed by atoms with Gasteiger partial charge in [0.25, 0.3) is 5.22 Å². The topological polar surface area (TPSA) is 53.7 Å². The molecule has 1 aromatic heterocycles. The Labute approximate surface area is 142 Å². The monoisotopic (exact) mass is 351 g/mol. The summed E-state index contributed by atoms with van der Waals surface area (Å²) in [6, 6.07) is 8.99. The maximum absolute atomic E-state index is 5.97. The summed E-state index contributed by atoms with van der Waals surface area (Å²) in [7, 11) is 4.72. The molecule has 7 heteroatoms. The highest BCUT2D eigenvalue weighted by Gasteiger charge is 2.18. The molecule has 0 bridgehead atoms. The molecule has 0 aliphatic heterocycles. The normalized spacial score (nSPS) is 10.8. The predicted molar refractivity (Wildman–Crippen MR) is 89.2 cm³/mol. The van der Waals surface area contributed by atoms with Crippen LogP contribution in [0.4, 0.5) is 0 Å². The van der Waals surface area contributed by atoms with Gasteiger partial charge in [-0.2, -0.15) is 0 Å². The van der Waals surface area contributed by atoms with E-state index in [0.29, 0.717) is 38.6 Å².